The summed E-state index contributed by atoms with van der Waals surface area (Å²) in [6, 6.07) is 1.72. The SMILES string of the molecule is CC(N)C1CN(C2CCN3CCCCC23)CCO1. The third-order valence-electron chi connectivity index (χ3n) is 5.00. The molecule has 0 radical (unpaired) electrons. The number of fused-ring (bicyclic) bond motifs is 1. The summed E-state index contributed by atoms with van der Waals surface area (Å²) in [7, 11) is 0. The van der Waals surface area contributed by atoms with E-state index in [1.807, 2.05) is 0 Å². The Kier molecular flexibility index (Phi) is 3.89. The minimum absolute atomic E-state index is 0.150. The van der Waals surface area contributed by atoms with Crippen molar-refractivity contribution in [1.29, 1.82) is 0 Å². The van der Waals surface area contributed by atoms with Crippen molar-refractivity contribution in [3.8, 4) is 0 Å². The second kappa shape index (κ2) is 5.45. The summed E-state index contributed by atoms with van der Waals surface area (Å²) in [5, 5.41) is 0. The van der Waals surface area contributed by atoms with E-state index in [2.05, 4.69) is 16.7 Å². The molecule has 0 aromatic heterocycles. The van der Waals surface area contributed by atoms with Crippen molar-refractivity contribution in [2.45, 2.75) is 56.8 Å². The quantitative estimate of drug-likeness (QED) is 0.785. The second-order valence-corrected chi connectivity index (χ2v) is 6.22. The minimum atomic E-state index is 0.150. The fraction of sp³-hybridized carbons (Fsp3) is 1.00. The third-order valence-corrected chi connectivity index (χ3v) is 5.00. The van der Waals surface area contributed by atoms with Crippen LogP contribution < -0.4 is 5.73 Å². The zero-order chi connectivity index (χ0) is 12.5. The molecule has 0 aromatic rings. The Morgan fingerprint density at radius 2 is 1.89 bits per heavy atom. The Morgan fingerprint density at radius 3 is 2.72 bits per heavy atom. The summed E-state index contributed by atoms with van der Waals surface area (Å²) in [5.74, 6) is 0. The van der Waals surface area contributed by atoms with E-state index in [0.29, 0.717) is 0 Å². The summed E-state index contributed by atoms with van der Waals surface area (Å²) < 4.78 is 5.78. The van der Waals surface area contributed by atoms with Gasteiger partial charge in [0.15, 0.2) is 0 Å². The lowest BCUT2D eigenvalue weighted by molar-refractivity contribution is -0.0572. The number of nitrogens with two attached hydrogens (primary N) is 1. The first-order chi connectivity index (χ1) is 8.75. The van der Waals surface area contributed by atoms with Crippen molar-refractivity contribution in [3.63, 3.8) is 0 Å². The molecule has 4 heteroatoms. The monoisotopic (exact) mass is 253 g/mol. The molecule has 0 bridgehead atoms. The van der Waals surface area contributed by atoms with Crippen LogP contribution in [0.1, 0.15) is 32.6 Å². The van der Waals surface area contributed by atoms with Gasteiger partial charge in [-0.2, -0.15) is 0 Å². The number of piperidine rings is 1. The van der Waals surface area contributed by atoms with Gasteiger partial charge in [0.1, 0.15) is 0 Å². The zero-order valence-electron chi connectivity index (χ0n) is 11.6. The normalized spacial score (nSPS) is 40.7. The summed E-state index contributed by atoms with van der Waals surface area (Å²) >= 11 is 0. The number of ether oxygens (including phenoxy) is 1. The van der Waals surface area contributed by atoms with Gasteiger partial charge in [-0.1, -0.05) is 6.42 Å². The molecule has 104 valence electrons. The van der Waals surface area contributed by atoms with Gasteiger partial charge in [0, 0.05) is 37.8 Å². The molecular weight excluding hydrogens is 226 g/mol. The van der Waals surface area contributed by atoms with Crippen molar-refractivity contribution in [2.75, 3.05) is 32.8 Å². The van der Waals surface area contributed by atoms with Gasteiger partial charge >= 0.3 is 0 Å². The van der Waals surface area contributed by atoms with Gasteiger partial charge in [-0.05, 0) is 32.7 Å². The van der Waals surface area contributed by atoms with Crippen molar-refractivity contribution >= 4 is 0 Å². The van der Waals surface area contributed by atoms with Crippen LogP contribution in [0.2, 0.25) is 0 Å². The average Bonchev–Trinajstić information content (AvgIpc) is 2.82. The van der Waals surface area contributed by atoms with E-state index in [1.165, 1.54) is 38.8 Å². The van der Waals surface area contributed by atoms with Gasteiger partial charge < -0.3 is 10.5 Å². The predicted molar refractivity (Wildman–Crippen MR) is 72.6 cm³/mol. The summed E-state index contributed by atoms with van der Waals surface area (Å²) in [5.41, 5.74) is 6.00. The van der Waals surface area contributed by atoms with E-state index >= 15 is 0 Å². The van der Waals surface area contributed by atoms with Crippen LogP contribution in [0.4, 0.5) is 0 Å². The molecule has 4 atom stereocenters. The molecule has 0 aliphatic carbocycles. The molecule has 0 saturated carbocycles. The Bertz CT molecular complexity index is 284. The van der Waals surface area contributed by atoms with Crippen LogP contribution in [0, 0.1) is 0 Å². The van der Waals surface area contributed by atoms with Crippen molar-refractivity contribution in [2.24, 2.45) is 5.73 Å². The lowest BCUT2D eigenvalue weighted by atomic mass is 9.97. The predicted octanol–water partition coefficient (Wildman–Crippen LogP) is 0.661. The highest BCUT2D eigenvalue weighted by Crippen LogP contribution is 2.31. The molecule has 0 spiro atoms. The fourth-order valence-electron chi connectivity index (χ4n) is 3.96. The van der Waals surface area contributed by atoms with E-state index in [1.54, 1.807) is 0 Å². The summed E-state index contributed by atoms with van der Waals surface area (Å²) in [6.45, 7) is 7.67. The maximum atomic E-state index is 6.00. The van der Waals surface area contributed by atoms with Crippen LogP contribution in [0.25, 0.3) is 0 Å². The van der Waals surface area contributed by atoms with Gasteiger partial charge in [0.2, 0.25) is 0 Å². The van der Waals surface area contributed by atoms with Gasteiger partial charge in [0.05, 0.1) is 12.7 Å². The van der Waals surface area contributed by atoms with Crippen LogP contribution >= 0.6 is 0 Å². The smallest absolute Gasteiger partial charge is 0.0850 e. The van der Waals surface area contributed by atoms with Gasteiger partial charge in [-0.3, -0.25) is 9.80 Å². The highest BCUT2D eigenvalue weighted by Gasteiger charge is 2.40. The molecule has 3 saturated heterocycles. The molecule has 3 heterocycles. The Labute approximate surface area is 110 Å². The van der Waals surface area contributed by atoms with Crippen LogP contribution in [0.3, 0.4) is 0 Å². The standard InChI is InChI=1S/C14H27N3O/c1-11(15)14-10-17(8-9-18-14)13-5-7-16-6-3-2-4-12(13)16/h11-14H,2-10,15H2,1H3. The molecule has 4 unspecified atom stereocenters. The molecule has 2 N–H and O–H groups in total. The van der Waals surface area contributed by atoms with Crippen molar-refractivity contribution in [3.05, 3.63) is 0 Å². The molecule has 3 fully saturated rings. The Morgan fingerprint density at radius 1 is 1.06 bits per heavy atom. The zero-order valence-corrected chi connectivity index (χ0v) is 11.6. The molecule has 0 amide bonds. The first-order valence-electron chi connectivity index (χ1n) is 7.61. The number of hydrogen-bond acceptors (Lipinski definition) is 4. The van der Waals surface area contributed by atoms with Crippen LogP contribution in [0.15, 0.2) is 0 Å². The minimum Gasteiger partial charge on any atom is -0.374 e. The topological polar surface area (TPSA) is 41.7 Å². The fourth-order valence-corrected chi connectivity index (χ4v) is 3.96. The average molecular weight is 253 g/mol. The first-order valence-corrected chi connectivity index (χ1v) is 7.61. The highest BCUT2D eigenvalue weighted by molar-refractivity contribution is 4.97. The maximum absolute atomic E-state index is 6.00. The van der Waals surface area contributed by atoms with Crippen molar-refractivity contribution in [1.82, 2.24) is 9.80 Å². The Balaban J connectivity index is 1.63. The maximum Gasteiger partial charge on any atom is 0.0850 e. The van der Waals surface area contributed by atoms with Gasteiger partial charge in [-0.15, -0.1) is 0 Å². The first kappa shape index (κ1) is 12.9. The van der Waals surface area contributed by atoms with Crippen LogP contribution in [-0.4, -0.2) is 66.8 Å². The molecular formula is C14H27N3O. The number of nitrogens with zero attached hydrogens (tertiary/aromatic N) is 2. The number of hydrogen-bond donors (Lipinski definition) is 1. The highest BCUT2D eigenvalue weighted by atomic mass is 16.5. The van der Waals surface area contributed by atoms with Crippen LogP contribution in [-0.2, 0) is 4.74 Å². The van der Waals surface area contributed by atoms with Gasteiger partial charge in [0.25, 0.3) is 0 Å². The van der Waals surface area contributed by atoms with Gasteiger partial charge in [-0.25, -0.2) is 0 Å². The molecule has 3 rings (SSSR count). The van der Waals surface area contributed by atoms with Crippen LogP contribution in [0.5, 0.6) is 0 Å². The lowest BCUT2D eigenvalue weighted by Gasteiger charge is -2.42. The van der Waals surface area contributed by atoms with E-state index in [9.17, 15) is 0 Å². The number of morpholine rings is 1. The largest absolute Gasteiger partial charge is 0.374 e. The second-order valence-electron chi connectivity index (χ2n) is 6.22. The van der Waals surface area contributed by atoms with E-state index in [0.717, 1.165) is 31.8 Å². The molecule has 0 aromatic carbocycles. The van der Waals surface area contributed by atoms with E-state index < -0.39 is 0 Å². The summed E-state index contributed by atoms with van der Waals surface area (Å²) in [4.78, 5) is 5.37. The number of rotatable bonds is 2. The molecule has 3 aliphatic heterocycles. The van der Waals surface area contributed by atoms with Crippen molar-refractivity contribution < 1.29 is 4.74 Å². The Hall–Kier alpha value is -0.160. The van der Waals surface area contributed by atoms with E-state index in [4.69, 9.17) is 10.5 Å². The summed E-state index contributed by atoms with van der Waals surface area (Å²) in [6.07, 6.45) is 5.78. The van der Waals surface area contributed by atoms with E-state index in [-0.39, 0.29) is 12.1 Å². The third kappa shape index (κ3) is 2.44. The lowest BCUT2D eigenvalue weighted by Crippen LogP contribution is -2.56. The molecule has 3 aliphatic rings. The molecule has 18 heavy (non-hydrogen) atoms. The molecule has 4 nitrogen and oxygen atoms in total.